The fourth-order valence-corrected chi connectivity index (χ4v) is 3.69. The van der Waals surface area contributed by atoms with Gasteiger partial charge in [-0.05, 0) is 36.5 Å². The van der Waals surface area contributed by atoms with Gasteiger partial charge in [-0.25, -0.2) is 0 Å². The smallest absolute Gasteiger partial charge is 0.303 e. The van der Waals surface area contributed by atoms with Crippen molar-refractivity contribution in [1.29, 1.82) is 0 Å². The molecule has 5 heteroatoms. The summed E-state index contributed by atoms with van der Waals surface area (Å²) in [5, 5.41) is 9.67. The number of ketones is 1. The number of rotatable bonds is 5. The Balaban J connectivity index is 2.20. The lowest BCUT2D eigenvalue weighted by Gasteiger charge is -2.24. The molecule has 0 aromatic heterocycles. The molecule has 0 amide bonds. The van der Waals surface area contributed by atoms with Gasteiger partial charge in [0, 0.05) is 22.0 Å². The van der Waals surface area contributed by atoms with E-state index in [1.54, 1.807) is 12.1 Å². The summed E-state index contributed by atoms with van der Waals surface area (Å²) in [6.07, 6.45) is 5.53. The van der Waals surface area contributed by atoms with E-state index in [4.69, 9.17) is 28.3 Å². The lowest BCUT2D eigenvalue weighted by molar-refractivity contribution is -0.136. The van der Waals surface area contributed by atoms with Crippen molar-refractivity contribution < 1.29 is 14.7 Å². The lowest BCUT2D eigenvalue weighted by atomic mass is 9.83. The molecule has 2 rings (SSSR count). The predicted molar refractivity (Wildman–Crippen MR) is 83.5 cm³/mol. The van der Waals surface area contributed by atoms with Gasteiger partial charge < -0.3 is 5.11 Å². The number of carboxylic acids is 1. The molecule has 1 aromatic rings. The third kappa shape index (κ3) is 4.21. The summed E-state index contributed by atoms with van der Waals surface area (Å²) in [7, 11) is 0. The molecule has 0 spiro atoms. The molecule has 0 radical (unpaired) electrons. The summed E-state index contributed by atoms with van der Waals surface area (Å²) in [5.74, 6) is -0.863. The summed E-state index contributed by atoms with van der Waals surface area (Å²) < 4.78 is 0. The van der Waals surface area contributed by atoms with Crippen molar-refractivity contribution in [3.05, 3.63) is 33.3 Å². The first-order valence-electron chi connectivity index (χ1n) is 7.23. The number of hydrogen-bond donors (Lipinski definition) is 1. The molecule has 0 unspecified atom stereocenters. The van der Waals surface area contributed by atoms with Crippen LogP contribution in [0, 0.1) is 0 Å². The van der Waals surface area contributed by atoms with E-state index in [1.807, 2.05) is 0 Å². The van der Waals surface area contributed by atoms with Crippen molar-refractivity contribution in [2.45, 2.75) is 50.9 Å². The van der Waals surface area contributed by atoms with E-state index < -0.39 is 5.97 Å². The zero-order valence-electron chi connectivity index (χ0n) is 11.7. The Morgan fingerprint density at radius 1 is 1.05 bits per heavy atom. The molecule has 3 nitrogen and oxygen atoms in total. The molecule has 0 saturated heterocycles. The Morgan fingerprint density at radius 2 is 1.62 bits per heavy atom. The van der Waals surface area contributed by atoms with Crippen LogP contribution in [0.2, 0.25) is 10.0 Å². The molecule has 0 atom stereocenters. The van der Waals surface area contributed by atoms with Gasteiger partial charge in [-0.2, -0.15) is 0 Å². The van der Waals surface area contributed by atoms with Gasteiger partial charge >= 0.3 is 5.97 Å². The van der Waals surface area contributed by atoms with Crippen LogP contribution in [0.5, 0.6) is 0 Å². The Hall–Kier alpha value is -1.06. The Kier molecular flexibility index (Phi) is 5.65. The summed E-state index contributed by atoms with van der Waals surface area (Å²) in [6, 6.07) is 3.25. The molecule has 21 heavy (non-hydrogen) atoms. The molecule has 1 aliphatic rings. The topological polar surface area (TPSA) is 54.4 Å². The van der Waals surface area contributed by atoms with Crippen LogP contribution >= 0.6 is 23.2 Å². The van der Waals surface area contributed by atoms with E-state index in [0.29, 0.717) is 21.5 Å². The minimum atomic E-state index is -0.987. The Bertz CT molecular complexity index is 525. The van der Waals surface area contributed by atoms with E-state index >= 15 is 0 Å². The average molecular weight is 329 g/mol. The lowest BCUT2D eigenvalue weighted by Crippen LogP contribution is -2.08. The van der Waals surface area contributed by atoms with Gasteiger partial charge in [0.25, 0.3) is 0 Å². The van der Waals surface area contributed by atoms with Crippen LogP contribution in [-0.2, 0) is 4.79 Å². The molecule has 114 valence electrons. The monoisotopic (exact) mass is 328 g/mol. The van der Waals surface area contributed by atoms with Crippen molar-refractivity contribution in [2.75, 3.05) is 0 Å². The van der Waals surface area contributed by atoms with E-state index in [-0.39, 0.29) is 18.6 Å². The quantitative estimate of drug-likeness (QED) is 0.766. The number of carbonyl (C=O) groups is 2. The number of halogens is 2. The molecular weight excluding hydrogens is 311 g/mol. The van der Waals surface area contributed by atoms with E-state index in [9.17, 15) is 9.59 Å². The third-order valence-electron chi connectivity index (χ3n) is 3.98. The van der Waals surface area contributed by atoms with E-state index in [2.05, 4.69) is 0 Å². The Morgan fingerprint density at radius 3 is 2.14 bits per heavy atom. The van der Waals surface area contributed by atoms with Crippen LogP contribution in [0.1, 0.15) is 66.8 Å². The predicted octanol–water partition coefficient (Wildman–Crippen LogP) is 5.09. The standard InChI is InChI=1S/C16H18Cl2O3/c17-12-8-11(14(19)6-7-15(20)21)9-13(18)16(12)10-4-2-1-3-5-10/h8-10H,1-7H2,(H,20,21). The number of benzene rings is 1. The number of hydrogen-bond acceptors (Lipinski definition) is 2. The molecule has 1 aliphatic carbocycles. The molecule has 1 aromatic carbocycles. The largest absolute Gasteiger partial charge is 0.481 e. The van der Waals surface area contributed by atoms with Crippen molar-refractivity contribution in [1.82, 2.24) is 0 Å². The van der Waals surface area contributed by atoms with E-state index in [1.165, 1.54) is 19.3 Å². The third-order valence-corrected chi connectivity index (χ3v) is 4.61. The van der Waals surface area contributed by atoms with Crippen molar-refractivity contribution >= 4 is 35.0 Å². The van der Waals surface area contributed by atoms with Crippen LogP contribution in [0.15, 0.2) is 12.1 Å². The highest BCUT2D eigenvalue weighted by Crippen LogP contribution is 2.40. The first kappa shape index (κ1) is 16.3. The minimum absolute atomic E-state index is 0.0369. The maximum Gasteiger partial charge on any atom is 0.303 e. The maximum absolute atomic E-state index is 12.0. The van der Waals surface area contributed by atoms with Crippen LogP contribution in [-0.4, -0.2) is 16.9 Å². The molecule has 0 heterocycles. The number of carbonyl (C=O) groups excluding carboxylic acids is 1. The molecule has 0 bridgehead atoms. The molecule has 1 saturated carbocycles. The first-order chi connectivity index (χ1) is 9.99. The Labute approximate surface area is 134 Å². The minimum Gasteiger partial charge on any atom is -0.481 e. The van der Waals surface area contributed by atoms with Crippen molar-refractivity contribution in [3.8, 4) is 0 Å². The van der Waals surface area contributed by atoms with E-state index in [0.717, 1.165) is 18.4 Å². The molecule has 1 fully saturated rings. The zero-order valence-corrected chi connectivity index (χ0v) is 13.2. The van der Waals surface area contributed by atoms with Gasteiger partial charge in [0.05, 0.1) is 6.42 Å². The fraction of sp³-hybridized carbons (Fsp3) is 0.500. The zero-order chi connectivity index (χ0) is 15.4. The van der Waals surface area contributed by atoms with Crippen LogP contribution in [0.4, 0.5) is 0 Å². The molecular formula is C16H18Cl2O3. The van der Waals surface area contributed by atoms with Crippen LogP contribution in [0.3, 0.4) is 0 Å². The van der Waals surface area contributed by atoms with Gasteiger partial charge in [-0.3, -0.25) is 9.59 Å². The number of Topliss-reactive ketones (excluding diaryl/α,β-unsaturated/α-hetero) is 1. The summed E-state index contributed by atoms with van der Waals surface area (Å²) in [6.45, 7) is 0. The number of aliphatic carboxylic acids is 1. The van der Waals surface area contributed by atoms with Gasteiger partial charge in [0.1, 0.15) is 0 Å². The molecule has 1 N–H and O–H groups in total. The van der Waals surface area contributed by atoms with Gasteiger partial charge in [0.15, 0.2) is 5.78 Å². The highest BCUT2D eigenvalue weighted by atomic mass is 35.5. The van der Waals surface area contributed by atoms with Crippen molar-refractivity contribution in [3.63, 3.8) is 0 Å². The normalized spacial score (nSPS) is 15.9. The fourth-order valence-electron chi connectivity index (χ4n) is 2.89. The first-order valence-corrected chi connectivity index (χ1v) is 7.98. The van der Waals surface area contributed by atoms with Crippen LogP contribution < -0.4 is 0 Å². The second-order valence-electron chi connectivity index (χ2n) is 5.51. The number of carboxylic acid groups (broad SMARTS) is 1. The molecule has 0 aliphatic heterocycles. The maximum atomic E-state index is 12.0. The van der Waals surface area contributed by atoms with Gasteiger partial charge in [-0.15, -0.1) is 0 Å². The average Bonchev–Trinajstić information content (AvgIpc) is 2.45. The summed E-state index contributed by atoms with van der Waals surface area (Å²) in [4.78, 5) is 22.5. The SMILES string of the molecule is O=C(O)CCC(=O)c1cc(Cl)c(C2CCCCC2)c(Cl)c1. The second-order valence-corrected chi connectivity index (χ2v) is 6.32. The highest BCUT2D eigenvalue weighted by Gasteiger charge is 2.22. The van der Waals surface area contributed by atoms with Crippen molar-refractivity contribution in [2.24, 2.45) is 0 Å². The van der Waals surface area contributed by atoms with Gasteiger partial charge in [0.2, 0.25) is 0 Å². The summed E-state index contributed by atoms with van der Waals surface area (Å²) >= 11 is 12.6. The van der Waals surface area contributed by atoms with Crippen LogP contribution in [0.25, 0.3) is 0 Å². The van der Waals surface area contributed by atoms with Gasteiger partial charge in [-0.1, -0.05) is 42.5 Å². The highest BCUT2D eigenvalue weighted by molar-refractivity contribution is 6.36. The second kappa shape index (κ2) is 7.28. The summed E-state index contributed by atoms with van der Waals surface area (Å²) in [5.41, 5.74) is 1.33.